The molecular weight excluding hydrogens is 234 g/mol. The molecule has 0 fully saturated rings. The maximum absolute atomic E-state index is 6.10. The zero-order chi connectivity index (χ0) is 12.3. The zero-order valence-corrected chi connectivity index (χ0v) is 10.5. The lowest BCUT2D eigenvalue weighted by atomic mass is 10.1. The molecule has 0 amide bonds. The maximum Gasteiger partial charge on any atom is 0.150 e. The Morgan fingerprint density at radius 2 is 2.06 bits per heavy atom. The van der Waals surface area contributed by atoms with Crippen LogP contribution in [-0.4, -0.2) is 16.0 Å². The summed E-state index contributed by atoms with van der Waals surface area (Å²) in [4.78, 5) is 7.56. The molecule has 4 heteroatoms. The smallest absolute Gasteiger partial charge is 0.150 e. The Bertz CT molecular complexity index is 479. The number of aromatic amines is 1. The first-order chi connectivity index (χ1) is 8.20. The van der Waals surface area contributed by atoms with Crippen molar-refractivity contribution in [1.82, 2.24) is 9.97 Å². The fourth-order valence-electron chi connectivity index (χ4n) is 1.66. The predicted molar refractivity (Wildman–Crippen MR) is 71.0 cm³/mol. The number of hydrogen-bond donors (Lipinski definition) is 2. The second-order valence-electron chi connectivity index (χ2n) is 4.09. The Kier molecular flexibility index (Phi) is 3.82. The van der Waals surface area contributed by atoms with Crippen molar-refractivity contribution in [3.8, 4) is 11.4 Å². The van der Waals surface area contributed by atoms with E-state index in [0.717, 1.165) is 29.9 Å². The predicted octanol–water partition coefficient (Wildman–Crippen LogP) is 3.01. The summed E-state index contributed by atoms with van der Waals surface area (Å²) in [7, 11) is 0. The van der Waals surface area contributed by atoms with Gasteiger partial charge in [-0.25, -0.2) is 4.98 Å². The molecule has 3 nitrogen and oxygen atoms in total. The Labute approximate surface area is 106 Å². The summed E-state index contributed by atoms with van der Waals surface area (Å²) < 4.78 is 0. The second-order valence-corrected chi connectivity index (χ2v) is 4.45. The van der Waals surface area contributed by atoms with Gasteiger partial charge in [0.2, 0.25) is 0 Å². The molecule has 3 N–H and O–H groups in total. The maximum atomic E-state index is 6.10. The highest BCUT2D eigenvalue weighted by atomic mass is 35.5. The SMILES string of the molecule is CCC(N)Cc1[nH]c(-c2ccccc2)nc1Cl. The van der Waals surface area contributed by atoms with E-state index in [-0.39, 0.29) is 6.04 Å². The topological polar surface area (TPSA) is 54.7 Å². The molecule has 90 valence electrons. The average molecular weight is 250 g/mol. The lowest BCUT2D eigenvalue weighted by molar-refractivity contribution is 0.639. The zero-order valence-electron chi connectivity index (χ0n) is 9.78. The summed E-state index contributed by atoms with van der Waals surface area (Å²) in [6.45, 7) is 2.06. The van der Waals surface area contributed by atoms with E-state index in [1.165, 1.54) is 0 Å². The highest BCUT2D eigenvalue weighted by molar-refractivity contribution is 6.30. The number of rotatable bonds is 4. The van der Waals surface area contributed by atoms with Crippen LogP contribution in [0, 0.1) is 0 Å². The number of nitrogens with one attached hydrogen (secondary N) is 1. The van der Waals surface area contributed by atoms with E-state index >= 15 is 0 Å². The highest BCUT2D eigenvalue weighted by Crippen LogP contribution is 2.22. The first-order valence-electron chi connectivity index (χ1n) is 5.76. The van der Waals surface area contributed by atoms with E-state index in [9.17, 15) is 0 Å². The molecule has 0 saturated heterocycles. The van der Waals surface area contributed by atoms with Gasteiger partial charge in [-0.2, -0.15) is 0 Å². The van der Waals surface area contributed by atoms with Gasteiger partial charge < -0.3 is 10.7 Å². The van der Waals surface area contributed by atoms with Gasteiger partial charge >= 0.3 is 0 Å². The van der Waals surface area contributed by atoms with Crippen LogP contribution in [-0.2, 0) is 6.42 Å². The van der Waals surface area contributed by atoms with Crippen LogP contribution in [0.2, 0.25) is 5.15 Å². The Morgan fingerprint density at radius 3 is 2.71 bits per heavy atom. The van der Waals surface area contributed by atoms with Crippen molar-refractivity contribution in [2.75, 3.05) is 0 Å². The van der Waals surface area contributed by atoms with Crippen LogP contribution >= 0.6 is 11.6 Å². The van der Waals surface area contributed by atoms with Crippen LogP contribution in [0.15, 0.2) is 30.3 Å². The number of nitrogens with two attached hydrogens (primary N) is 1. The van der Waals surface area contributed by atoms with Crippen LogP contribution in [0.5, 0.6) is 0 Å². The molecule has 0 aliphatic rings. The lowest BCUT2D eigenvalue weighted by Gasteiger charge is -2.06. The quantitative estimate of drug-likeness (QED) is 0.875. The molecule has 1 aromatic heterocycles. The summed E-state index contributed by atoms with van der Waals surface area (Å²) in [5, 5.41) is 0.521. The molecule has 1 aromatic carbocycles. The van der Waals surface area contributed by atoms with Crippen molar-refractivity contribution in [2.24, 2.45) is 5.73 Å². The molecule has 1 heterocycles. The third-order valence-electron chi connectivity index (χ3n) is 2.77. The minimum absolute atomic E-state index is 0.122. The summed E-state index contributed by atoms with van der Waals surface area (Å²) in [6, 6.07) is 10.0. The van der Waals surface area contributed by atoms with Gasteiger partial charge in [-0.3, -0.25) is 0 Å². The lowest BCUT2D eigenvalue weighted by Crippen LogP contribution is -2.21. The van der Waals surface area contributed by atoms with Crippen molar-refractivity contribution in [1.29, 1.82) is 0 Å². The number of nitrogens with zero attached hydrogens (tertiary/aromatic N) is 1. The Balaban J connectivity index is 2.25. The molecule has 1 atom stereocenters. The van der Waals surface area contributed by atoms with Gasteiger partial charge in [-0.15, -0.1) is 0 Å². The summed E-state index contributed by atoms with van der Waals surface area (Å²) in [6.07, 6.45) is 1.66. The molecule has 0 spiro atoms. The summed E-state index contributed by atoms with van der Waals surface area (Å²) in [5.74, 6) is 0.800. The summed E-state index contributed by atoms with van der Waals surface area (Å²) >= 11 is 6.10. The number of halogens is 1. The molecular formula is C13H16ClN3. The first kappa shape index (κ1) is 12.1. The molecule has 0 saturated carbocycles. The van der Waals surface area contributed by atoms with E-state index in [0.29, 0.717) is 5.15 Å². The van der Waals surface area contributed by atoms with Crippen LogP contribution in [0.1, 0.15) is 19.0 Å². The second kappa shape index (κ2) is 5.34. The van der Waals surface area contributed by atoms with E-state index in [1.54, 1.807) is 0 Å². The van der Waals surface area contributed by atoms with Crippen LogP contribution in [0.25, 0.3) is 11.4 Å². The van der Waals surface area contributed by atoms with Crippen molar-refractivity contribution in [3.05, 3.63) is 41.2 Å². The van der Waals surface area contributed by atoms with Crippen molar-refractivity contribution in [3.63, 3.8) is 0 Å². The minimum Gasteiger partial charge on any atom is -0.341 e. The first-order valence-corrected chi connectivity index (χ1v) is 6.14. The van der Waals surface area contributed by atoms with E-state index in [4.69, 9.17) is 17.3 Å². The number of aromatic nitrogens is 2. The highest BCUT2D eigenvalue weighted by Gasteiger charge is 2.11. The molecule has 2 aromatic rings. The number of H-pyrrole nitrogens is 1. The van der Waals surface area contributed by atoms with E-state index < -0.39 is 0 Å². The average Bonchev–Trinajstić information content (AvgIpc) is 2.72. The third kappa shape index (κ3) is 2.87. The third-order valence-corrected chi connectivity index (χ3v) is 3.08. The van der Waals surface area contributed by atoms with Crippen molar-refractivity contribution < 1.29 is 0 Å². The van der Waals surface area contributed by atoms with Gasteiger partial charge in [0.05, 0.1) is 5.69 Å². The normalized spacial score (nSPS) is 12.6. The van der Waals surface area contributed by atoms with Gasteiger partial charge in [0.1, 0.15) is 5.82 Å². The minimum atomic E-state index is 0.122. The van der Waals surface area contributed by atoms with Gasteiger partial charge in [0.25, 0.3) is 0 Å². The number of hydrogen-bond acceptors (Lipinski definition) is 2. The fourth-order valence-corrected chi connectivity index (χ4v) is 1.87. The molecule has 0 bridgehead atoms. The van der Waals surface area contributed by atoms with Crippen molar-refractivity contribution >= 4 is 11.6 Å². The largest absolute Gasteiger partial charge is 0.341 e. The summed E-state index contributed by atoms with van der Waals surface area (Å²) in [5.41, 5.74) is 7.87. The Hall–Kier alpha value is -1.32. The Morgan fingerprint density at radius 1 is 1.35 bits per heavy atom. The molecule has 0 aliphatic carbocycles. The molecule has 0 aliphatic heterocycles. The van der Waals surface area contributed by atoms with Gasteiger partial charge in [0, 0.05) is 18.0 Å². The van der Waals surface area contributed by atoms with Gasteiger partial charge in [0.15, 0.2) is 5.15 Å². The van der Waals surface area contributed by atoms with E-state index in [1.807, 2.05) is 30.3 Å². The number of benzene rings is 1. The monoisotopic (exact) mass is 249 g/mol. The number of imidazole rings is 1. The molecule has 17 heavy (non-hydrogen) atoms. The van der Waals surface area contributed by atoms with Crippen molar-refractivity contribution in [2.45, 2.75) is 25.8 Å². The molecule has 1 unspecified atom stereocenters. The molecule has 2 rings (SSSR count). The molecule has 0 radical (unpaired) electrons. The van der Waals surface area contributed by atoms with Gasteiger partial charge in [-0.05, 0) is 6.42 Å². The standard InChI is InChI=1S/C13H16ClN3/c1-2-10(15)8-11-12(14)17-13(16-11)9-6-4-3-5-7-9/h3-7,10H,2,8,15H2,1H3,(H,16,17). The van der Waals surface area contributed by atoms with Gasteiger partial charge in [-0.1, -0.05) is 48.9 Å². The van der Waals surface area contributed by atoms with Crippen LogP contribution < -0.4 is 5.73 Å². The van der Waals surface area contributed by atoms with E-state index in [2.05, 4.69) is 16.9 Å². The van der Waals surface area contributed by atoms with Crippen LogP contribution in [0.4, 0.5) is 0 Å². The van der Waals surface area contributed by atoms with Crippen LogP contribution in [0.3, 0.4) is 0 Å². The fraction of sp³-hybridized carbons (Fsp3) is 0.308.